The van der Waals surface area contributed by atoms with Gasteiger partial charge in [0.15, 0.2) is 0 Å². The number of alkyl halides is 3. The van der Waals surface area contributed by atoms with Gasteiger partial charge in [-0.2, -0.15) is 13.2 Å². The Morgan fingerprint density at radius 1 is 1.48 bits per heavy atom. The minimum absolute atomic E-state index is 0.0165. The fourth-order valence-electron chi connectivity index (χ4n) is 2.97. The van der Waals surface area contributed by atoms with Gasteiger partial charge in [-0.1, -0.05) is 6.08 Å². The summed E-state index contributed by atoms with van der Waals surface area (Å²) in [6, 6.07) is -1.66. The molecule has 2 aliphatic rings. The summed E-state index contributed by atoms with van der Waals surface area (Å²) < 4.78 is 44.8. The number of nitrogens with one attached hydrogen (secondary N) is 1. The topological polar surface area (TPSA) is 41.6 Å². The third kappa shape index (κ3) is 4.71. The fraction of sp³-hybridized carbons (Fsp3) is 0.786. The van der Waals surface area contributed by atoms with Gasteiger partial charge in [0.1, 0.15) is 6.04 Å². The van der Waals surface area contributed by atoms with Crippen LogP contribution < -0.4 is 5.32 Å². The molecule has 2 rings (SSSR count). The zero-order valence-corrected chi connectivity index (χ0v) is 12.1. The van der Waals surface area contributed by atoms with Gasteiger partial charge in [0, 0.05) is 26.1 Å². The van der Waals surface area contributed by atoms with Crippen LogP contribution in [0, 0.1) is 0 Å². The van der Waals surface area contributed by atoms with Crippen LogP contribution in [0.3, 0.4) is 0 Å². The smallest absolute Gasteiger partial charge is 0.377 e. The Kier molecular flexibility index (Phi) is 5.27. The predicted octanol–water partition coefficient (Wildman–Crippen LogP) is 1.86. The summed E-state index contributed by atoms with van der Waals surface area (Å²) in [7, 11) is 0. The number of ether oxygens (including phenoxy) is 1. The molecule has 21 heavy (non-hydrogen) atoms. The van der Waals surface area contributed by atoms with Crippen LogP contribution in [0.2, 0.25) is 0 Å². The number of hydrogen-bond donors (Lipinski definition) is 1. The van der Waals surface area contributed by atoms with Crippen molar-refractivity contribution in [1.82, 2.24) is 10.2 Å². The van der Waals surface area contributed by atoms with Crippen LogP contribution in [0.1, 0.15) is 26.2 Å². The van der Waals surface area contributed by atoms with Gasteiger partial charge in [-0.05, 0) is 24.8 Å². The van der Waals surface area contributed by atoms with E-state index in [1.165, 1.54) is 11.8 Å². The Hall–Kier alpha value is -1.08. The minimum atomic E-state index is -4.24. The van der Waals surface area contributed by atoms with Gasteiger partial charge in [0.05, 0.1) is 13.2 Å². The third-order valence-corrected chi connectivity index (χ3v) is 3.86. The van der Waals surface area contributed by atoms with Crippen molar-refractivity contribution in [2.24, 2.45) is 0 Å². The van der Waals surface area contributed by atoms with E-state index in [-0.39, 0.29) is 31.5 Å². The van der Waals surface area contributed by atoms with Gasteiger partial charge in [0.25, 0.3) is 0 Å². The molecule has 2 heterocycles. The molecule has 1 fully saturated rings. The number of likely N-dealkylation sites (tertiary alicyclic amines) is 1. The van der Waals surface area contributed by atoms with Crippen molar-refractivity contribution in [3.05, 3.63) is 11.6 Å². The number of carbonyl (C=O) groups excluding carboxylic acids is 1. The highest BCUT2D eigenvalue weighted by Gasteiger charge is 2.46. The average Bonchev–Trinajstić information content (AvgIpc) is 2.38. The maximum Gasteiger partial charge on any atom is 0.404 e. The summed E-state index contributed by atoms with van der Waals surface area (Å²) in [5, 5.41) is 2.72. The molecule has 1 amide bonds. The summed E-state index contributed by atoms with van der Waals surface area (Å²) in [4.78, 5) is 12.5. The number of rotatable bonds is 3. The Bertz CT molecular complexity index is 410. The van der Waals surface area contributed by atoms with Gasteiger partial charge in [-0.25, -0.2) is 0 Å². The van der Waals surface area contributed by atoms with Gasteiger partial charge in [-0.15, -0.1) is 0 Å². The number of amides is 1. The maximum absolute atomic E-state index is 13.2. The molecular formula is C14H21F3N2O2. The molecule has 0 radical (unpaired) electrons. The lowest BCUT2D eigenvalue weighted by atomic mass is 9.96. The highest BCUT2D eigenvalue weighted by atomic mass is 19.4. The van der Waals surface area contributed by atoms with E-state index >= 15 is 0 Å². The number of halogens is 3. The standard InChI is InChI=1S/C14H21F3N2O2/c1-10(20)18-12-4-5-13(14(15,16)17)19(8-12)7-11-3-2-6-21-9-11/h3,12-13H,2,4-9H2,1H3,(H,18,20). The summed E-state index contributed by atoms with van der Waals surface area (Å²) in [6.45, 7) is 2.88. The summed E-state index contributed by atoms with van der Waals surface area (Å²) >= 11 is 0. The summed E-state index contributed by atoms with van der Waals surface area (Å²) in [6.07, 6.45) is -1.16. The average molecular weight is 306 g/mol. The molecule has 0 aliphatic carbocycles. The molecule has 0 spiro atoms. The van der Waals surface area contributed by atoms with Crippen LogP contribution in [-0.2, 0) is 9.53 Å². The molecule has 0 saturated carbocycles. The summed E-state index contributed by atoms with van der Waals surface area (Å²) in [5.41, 5.74) is 0.888. The van der Waals surface area contributed by atoms with E-state index in [2.05, 4.69) is 5.32 Å². The van der Waals surface area contributed by atoms with Crippen molar-refractivity contribution in [2.75, 3.05) is 26.3 Å². The van der Waals surface area contributed by atoms with E-state index in [1.807, 2.05) is 6.08 Å². The largest absolute Gasteiger partial charge is 0.404 e. The van der Waals surface area contributed by atoms with Crippen molar-refractivity contribution in [2.45, 2.75) is 44.4 Å². The highest BCUT2D eigenvalue weighted by molar-refractivity contribution is 5.73. The van der Waals surface area contributed by atoms with Gasteiger partial charge < -0.3 is 10.1 Å². The van der Waals surface area contributed by atoms with E-state index in [9.17, 15) is 18.0 Å². The van der Waals surface area contributed by atoms with Crippen molar-refractivity contribution >= 4 is 5.91 Å². The van der Waals surface area contributed by atoms with Crippen molar-refractivity contribution < 1.29 is 22.7 Å². The van der Waals surface area contributed by atoms with Crippen molar-refractivity contribution in [3.63, 3.8) is 0 Å². The quantitative estimate of drug-likeness (QED) is 0.809. The molecule has 2 aliphatic heterocycles. The Labute approximate surface area is 122 Å². The first kappa shape index (κ1) is 16.3. The van der Waals surface area contributed by atoms with E-state index < -0.39 is 12.2 Å². The molecule has 0 bridgehead atoms. The SMILES string of the molecule is CC(=O)NC1CCC(C(F)(F)F)N(CC2=CCCOC2)C1. The lowest BCUT2D eigenvalue weighted by molar-refractivity contribution is -0.191. The van der Waals surface area contributed by atoms with E-state index in [1.54, 1.807) is 0 Å². The number of nitrogens with zero attached hydrogens (tertiary/aromatic N) is 1. The molecular weight excluding hydrogens is 285 g/mol. The number of hydrogen-bond acceptors (Lipinski definition) is 3. The third-order valence-electron chi connectivity index (χ3n) is 3.86. The normalized spacial score (nSPS) is 28.1. The van der Waals surface area contributed by atoms with Crippen LogP contribution in [0.5, 0.6) is 0 Å². The highest BCUT2D eigenvalue weighted by Crippen LogP contribution is 2.32. The summed E-state index contributed by atoms with van der Waals surface area (Å²) in [5.74, 6) is -0.203. The van der Waals surface area contributed by atoms with Crippen LogP contribution in [0.15, 0.2) is 11.6 Å². The molecule has 0 aromatic carbocycles. The Morgan fingerprint density at radius 3 is 2.81 bits per heavy atom. The molecule has 1 N–H and O–H groups in total. The maximum atomic E-state index is 13.2. The minimum Gasteiger partial charge on any atom is -0.377 e. The second kappa shape index (κ2) is 6.79. The molecule has 4 nitrogen and oxygen atoms in total. The van der Waals surface area contributed by atoms with Gasteiger partial charge >= 0.3 is 6.18 Å². The molecule has 120 valence electrons. The molecule has 0 aromatic heterocycles. The Balaban J connectivity index is 2.05. The lowest BCUT2D eigenvalue weighted by Crippen LogP contribution is -2.56. The molecule has 0 aromatic rings. The zero-order valence-electron chi connectivity index (χ0n) is 12.1. The molecule has 2 atom stereocenters. The Morgan fingerprint density at radius 2 is 2.24 bits per heavy atom. The van der Waals surface area contributed by atoms with E-state index in [0.29, 0.717) is 19.6 Å². The van der Waals surface area contributed by atoms with E-state index in [0.717, 1.165) is 12.0 Å². The fourth-order valence-corrected chi connectivity index (χ4v) is 2.97. The monoisotopic (exact) mass is 306 g/mol. The first-order chi connectivity index (χ1) is 9.86. The predicted molar refractivity (Wildman–Crippen MR) is 71.8 cm³/mol. The van der Waals surface area contributed by atoms with Crippen molar-refractivity contribution in [1.29, 1.82) is 0 Å². The van der Waals surface area contributed by atoms with Gasteiger partial charge in [0.2, 0.25) is 5.91 Å². The lowest BCUT2D eigenvalue weighted by Gasteiger charge is -2.41. The van der Waals surface area contributed by atoms with Crippen LogP contribution in [-0.4, -0.2) is 55.4 Å². The molecule has 2 unspecified atom stereocenters. The molecule has 7 heteroatoms. The van der Waals surface area contributed by atoms with Gasteiger partial charge in [-0.3, -0.25) is 9.69 Å². The van der Waals surface area contributed by atoms with E-state index in [4.69, 9.17) is 4.74 Å². The van der Waals surface area contributed by atoms with Crippen LogP contribution >= 0.6 is 0 Å². The first-order valence-corrected chi connectivity index (χ1v) is 7.20. The zero-order chi connectivity index (χ0) is 15.5. The van der Waals surface area contributed by atoms with Crippen LogP contribution in [0.25, 0.3) is 0 Å². The number of carbonyl (C=O) groups is 1. The second-order valence-corrected chi connectivity index (χ2v) is 5.67. The van der Waals surface area contributed by atoms with Crippen LogP contribution in [0.4, 0.5) is 13.2 Å². The number of piperidine rings is 1. The first-order valence-electron chi connectivity index (χ1n) is 7.20. The van der Waals surface area contributed by atoms with Crippen molar-refractivity contribution in [3.8, 4) is 0 Å². The molecule has 1 saturated heterocycles. The second-order valence-electron chi connectivity index (χ2n) is 5.67.